The molecule has 0 radical (unpaired) electrons. The normalized spacial score (nSPS) is 30.8. The molecule has 25 heavy (non-hydrogen) atoms. The largest absolute Gasteiger partial charge is 0.389 e. The number of hydrogen-bond acceptors (Lipinski definition) is 6. The Morgan fingerprint density at radius 2 is 2.16 bits per heavy atom. The van der Waals surface area contributed by atoms with E-state index < -0.39 is 6.10 Å². The number of aromatic nitrogens is 1. The molecule has 1 amide bonds. The molecule has 2 aliphatic heterocycles. The van der Waals surface area contributed by atoms with Crippen LogP contribution in [0.5, 0.6) is 0 Å². The van der Waals surface area contributed by atoms with Crippen molar-refractivity contribution in [3.63, 3.8) is 0 Å². The van der Waals surface area contributed by atoms with Crippen molar-refractivity contribution >= 4 is 5.91 Å². The molecule has 0 spiro atoms. The van der Waals surface area contributed by atoms with Gasteiger partial charge in [0.2, 0.25) is 5.91 Å². The molecular formula is C18H27N3O4. The smallest absolute Gasteiger partial charge is 0.222 e. The Labute approximate surface area is 148 Å². The number of aliphatic hydroxyl groups excluding tert-OH is 1. The number of β-amino-alcohol motifs (C(OH)–C–C–N with tert-alkyl or cyclic N) is 1. The molecule has 0 saturated carbocycles. The van der Waals surface area contributed by atoms with Gasteiger partial charge in [-0.3, -0.25) is 14.7 Å². The van der Waals surface area contributed by atoms with Crippen LogP contribution in [0.15, 0.2) is 24.5 Å². The molecule has 3 heterocycles. The van der Waals surface area contributed by atoms with Crippen molar-refractivity contribution in [2.75, 3.05) is 26.8 Å². The Kier molecular flexibility index (Phi) is 6.36. The van der Waals surface area contributed by atoms with Gasteiger partial charge >= 0.3 is 0 Å². The van der Waals surface area contributed by atoms with Crippen LogP contribution in [0, 0.1) is 0 Å². The molecule has 7 nitrogen and oxygen atoms in total. The van der Waals surface area contributed by atoms with Gasteiger partial charge in [0.15, 0.2) is 0 Å². The van der Waals surface area contributed by atoms with E-state index in [1.54, 1.807) is 19.4 Å². The van der Waals surface area contributed by atoms with Crippen molar-refractivity contribution in [1.82, 2.24) is 15.2 Å². The summed E-state index contributed by atoms with van der Waals surface area (Å²) in [6, 6.07) is 4.16. The summed E-state index contributed by atoms with van der Waals surface area (Å²) in [5.74, 6) is -0.000670. The SMILES string of the molecule is CNC(=O)C[C@H]1CC[C@@H]2[C@H](COC[C@@H](O)CN2Cc2ccncc2)O1. The number of fused-ring (bicyclic) bond motifs is 1. The van der Waals surface area contributed by atoms with Gasteiger partial charge in [0.25, 0.3) is 0 Å². The monoisotopic (exact) mass is 349 g/mol. The zero-order chi connectivity index (χ0) is 17.6. The maximum absolute atomic E-state index is 11.6. The van der Waals surface area contributed by atoms with E-state index >= 15 is 0 Å². The number of rotatable bonds is 4. The summed E-state index contributed by atoms with van der Waals surface area (Å²) in [6.45, 7) is 2.04. The lowest BCUT2D eigenvalue weighted by Gasteiger charge is -2.44. The molecule has 0 aromatic carbocycles. The average molecular weight is 349 g/mol. The third-order valence-electron chi connectivity index (χ3n) is 4.91. The molecule has 2 N–H and O–H groups in total. The molecule has 2 aliphatic rings. The Balaban J connectivity index is 1.69. The van der Waals surface area contributed by atoms with Crippen molar-refractivity contribution in [1.29, 1.82) is 0 Å². The minimum absolute atomic E-state index is 0.000670. The van der Waals surface area contributed by atoms with E-state index in [0.717, 1.165) is 24.9 Å². The summed E-state index contributed by atoms with van der Waals surface area (Å²) in [5.41, 5.74) is 1.16. The van der Waals surface area contributed by atoms with Crippen LogP contribution in [0.25, 0.3) is 0 Å². The van der Waals surface area contributed by atoms with Gasteiger partial charge in [-0.1, -0.05) is 0 Å². The predicted molar refractivity (Wildman–Crippen MR) is 91.8 cm³/mol. The van der Waals surface area contributed by atoms with E-state index in [4.69, 9.17) is 9.47 Å². The van der Waals surface area contributed by atoms with Crippen molar-refractivity contribution in [2.24, 2.45) is 0 Å². The molecule has 0 unspecified atom stereocenters. The van der Waals surface area contributed by atoms with E-state index in [2.05, 4.69) is 15.2 Å². The number of amides is 1. The molecule has 0 aliphatic carbocycles. The molecule has 1 aromatic rings. The topological polar surface area (TPSA) is 83.9 Å². The number of aliphatic hydroxyl groups is 1. The van der Waals surface area contributed by atoms with E-state index in [1.807, 2.05) is 12.1 Å². The third kappa shape index (κ3) is 4.98. The Bertz CT molecular complexity index is 557. The minimum Gasteiger partial charge on any atom is -0.389 e. The van der Waals surface area contributed by atoms with Crippen LogP contribution < -0.4 is 5.32 Å². The molecule has 7 heteroatoms. The molecule has 0 bridgehead atoms. The number of pyridine rings is 1. The second-order valence-corrected chi connectivity index (χ2v) is 6.79. The molecule has 1 aromatic heterocycles. The highest BCUT2D eigenvalue weighted by atomic mass is 16.5. The quantitative estimate of drug-likeness (QED) is 0.815. The number of carbonyl (C=O) groups is 1. The second-order valence-electron chi connectivity index (χ2n) is 6.79. The van der Waals surface area contributed by atoms with Gasteiger partial charge in [0, 0.05) is 38.6 Å². The van der Waals surface area contributed by atoms with Crippen LogP contribution >= 0.6 is 0 Å². The van der Waals surface area contributed by atoms with E-state index in [9.17, 15) is 9.90 Å². The first kappa shape index (κ1) is 18.3. The summed E-state index contributed by atoms with van der Waals surface area (Å²) < 4.78 is 11.8. The van der Waals surface area contributed by atoms with Crippen LogP contribution in [0.2, 0.25) is 0 Å². The predicted octanol–water partition coefficient (Wildman–Crippen LogP) is 0.327. The second kappa shape index (κ2) is 8.71. The fraction of sp³-hybridized carbons (Fsp3) is 0.667. The van der Waals surface area contributed by atoms with Crippen molar-refractivity contribution in [3.8, 4) is 0 Å². The van der Waals surface area contributed by atoms with Crippen molar-refractivity contribution in [3.05, 3.63) is 30.1 Å². The minimum atomic E-state index is -0.508. The average Bonchev–Trinajstić information content (AvgIpc) is 2.61. The zero-order valence-electron chi connectivity index (χ0n) is 14.6. The van der Waals surface area contributed by atoms with Crippen molar-refractivity contribution in [2.45, 2.75) is 50.2 Å². The summed E-state index contributed by atoms with van der Waals surface area (Å²) in [7, 11) is 1.64. The molecule has 2 fully saturated rings. The van der Waals surface area contributed by atoms with Gasteiger partial charge in [-0.15, -0.1) is 0 Å². The van der Waals surface area contributed by atoms with Crippen LogP contribution in [-0.4, -0.2) is 72.1 Å². The number of nitrogens with one attached hydrogen (secondary N) is 1. The van der Waals surface area contributed by atoms with Gasteiger partial charge in [-0.05, 0) is 30.5 Å². The maximum atomic E-state index is 11.6. The van der Waals surface area contributed by atoms with Gasteiger partial charge in [0.05, 0.1) is 37.9 Å². The summed E-state index contributed by atoms with van der Waals surface area (Å²) >= 11 is 0. The first-order valence-electron chi connectivity index (χ1n) is 8.90. The first-order valence-corrected chi connectivity index (χ1v) is 8.90. The fourth-order valence-corrected chi connectivity index (χ4v) is 3.66. The molecule has 138 valence electrons. The lowest BCUT2D eigenvalue weighted by molar-refractivity contribution is -0.158. The highest BCUT2D eigenvalue weighted by Gasteiger charge is 2.37. The van der Waals surface area contributed by atoms with Crippen LogP contribution in [0.4, 0.5) is 0 Å². The first-order chi connectivity index (χ1) is 12.2. The summed E-state index contributed by atoms with van der Waals surface area (Å²) in [4.78, 5) is 18.0. The number of carbonyl (C=O) groups excluding carboxylic acids is 1. The van der Waals surface area contributed by atoms with Crippen LogP contribution in [-0.2, 0) is 20.8 Å². The molecular weight excluding hydrogens is 322 g/mol. The molecule has 3 rings (SSSR count). The number of nitrogens with zero attached hydrogens (tertiary/aromatic N) is 2. The fourth-order valence-electron chi connectivity index (χ4n) is 3.66. The van der Waals surface area contributed by atoms with E-state index in [1.165, 1.54) is 0 Å². The standard InChI is InChI=1S/C18H27N3O4/c1-19-18(23)8-15-2-3-16-17(25-15)12-24-11-14(22)10-21(16)9-13-4-6-20-7-5-13/h4-7,14-17,22H,2-3,8-12H2,1H3,(H,19,23)/t14-,15+,16+,17-/m0/s1. The maximum Gasteiger partial charge on any atom is 0.222 e. The van der Waals surface area contributed by atoms with Gasteiger partial charge < -0.3 is 19.9 Å². The van der Waals surface area contributed by atoms with Crippen LogP contribution in [0.3, 0.4) is 0 Å². The lowest BCUT2D eigenvalue weighted by Crippen LogP contribution is -2.55. The van der Waals surface area contributed by atoms with Crippen LogP contribution in [0.1, 0.15) is 24.8 Å². The highest BCUT2D eigenvalue weighted by molar-refractivity contribution is 5.76. The zero-order valence-corrected chi connectivity index (χ0v) is 14.6. The molecule has 2 saturated heterocycles. The number of ether oxygens (including phenoxy) is 2. The Hall–Kier alpha value is -1.54. The van der Waals surface area contributed by atoms with E-state index in [-0.39, 0.29) is 24.2 Å². The Morgan fingerprint density at radius 3 is 2.92 bits per heavy atom. The van der Waals surface area contributed by atoms with E-state index in [0.29, 0.717) is 26.2 Å². The Morgan fingerprint density at radius 1 is 1.36 bits per heavy atom. The summed E-state index contributed by atoms with van der Waals surface area (Å²) in [6.07, 6.45) is 5.04. The third-order valence-corrected chi connectivity index (χ3v) is 4.91. The van der Waals surface area contributed by atoms with Gasteiger partial charge in [-0.2, -0.15) is 0 Å². The summed E-state index contributed by atoms with van der Waals surface area (Å²) in [5, 5.41) is 12.8. The van der Waals surface area contributed by atoms with Crippen molar-refractivity contribution < 1.29 is 19.4 Å². The number of hydrogen-bond donors (Lipinski definition) is 2. The highest BCUT2D eigenvalue weighted by Crippen LogP contribution is 2.28. The van der Waals surface area contributed by atoms with Gasteiger partial charge in [-0.25, -0.2) is 0 Å². The molecule has 4 atom stereocenters. The van der Waals surface area contributed by atoms with Gasteiger partial charge in [0.1, 0.15) is 0 Å². The lowest BCUT2D eigenvalue weighted by atomic mass is 9.94.